The van der Waals surface area contributed by atoms with Crippen LogP contribution in [0.25, 0.3) is 16.6 Å². The molecule has 0 aliphatic heterocycles. The van der Waals surface area contributed by atoms with E-state index in [0.29, 0.717) is 16.9 Å². The van der Waals surface area contributed by atoms with Crippen molar-refractivity contribution in [1.29, 1.82) is 0 Å². The molecule has 2 heterocycles. The smallest absolute Gasteiger partial charge is 0.261 e. The molecule has 5 nitrogen and oxygen atoms in total. The van der Waals surface area contributed by atoms with Crippen LogP contribution >= 0.6 is 0 Å². The van der Waals surface area contributed by atoms with E-state index in [-0.39, 0.29) is 5.56 Å². The molecule has 0 amide bonds. The minimum atomic E-state index is -0.0389. The van der Waals surface area contributed by atoms with Gasteiger partial charge in [-0.25, -0.2) is 4.52 Å². The van der Waals surface area contributed by atoms with Gasteiger partial charge >= 0.3 is 0 Å². The van der Waals surface area contributed by atoms with E-state index in [4.69, 9.17) is 5.73 Å². The van der Waals surface area contributed by atoms with Gasteiger partial charge < -0.3 is 5.73 Å². The van der Waals surface area contributed by atoms with Gasteiger partial charge in [0.25, 0.3) is 5.56 Å². The Morgan fingerprint density at radius 1 is 1.31 bits per heavy atom. The minimum Gasteiger partial charge on any atom is -0.382 e. The van der Waals surface area contributed by atoms with Crippen molar-refractivity contribution in [2.45, 2.75) is 0 Å². The van der Waals surface area contributed by atoms with Crippen molar-refractivity contribution in [3.05, 3.63) is 40.7 Å². The standard InChI is InChI=1S/C11H10N4O/c1-14-10-6-9(12)13-15(10)8-5-3-2-4-7(8)11(14)16/h2-6H,1H3,(H2,12,13). The van der Waals surface area contributed by atoms with Crippen molar-refractivity contribution in [2.75, 3.05) is 5.73 Å². The van der Waals surface area contributed by atoms with Gasteiger partial charge in [-0.2, -0.15) is 0 Å². The molecule has 0 radical (unpaired) electrons. The van der Waals surface area contributed by atoms with Crippen molar-refractivity contribution in [1.82, 2.24) is 14.2 Å². The maximum atomic E-state index is 12.0. The zero-order chi connectivity index (χ0) is 11.3. The molecule has 2 aromatic heterocycles. The third-order valence-corrected chi connectivity index (χ3v) is 2.72. The van der Waals surface area contributed by atoms with Gasteiger partial charge in [-0.3, -0.25) is 9.36 Å². The average molecular weight is 214 g/mol. The zero-order valence-electron chi connectivity index (χ0n) is 8.71. The number of nitrogens with two attached hydrogens (primary N) is 1. The lowest BCUT2D eigenvalue weighted by molar-refractivity contribution is 0.851. The highest BCUT2D eigenvalue weighted by atomic mass is 16.1. The highest BCUT2D eigenvalue weighted by Crippen LogP contribution is 2.14. The van der Waals surface area contributed by atoms with Crippen LogP contribution in [0.15, 0.2) is 35.1 Å². The molecule has 16 heavy (non-hydrogen) atoms. The van der Waals surface area contributed by atoms with Crippen LogP contribution in [0.2, 0.25) is 0 Å². The lowest BCUT2D eigenvalue weighted by Gasteiger charge is -2.05. The first-order chi connectivity index (χ1) is 7.68. The van der Waals surface area contributed by atoms with Gasteiger partial charge in [0.05, 0.1) is 10.9 Å². The molecule has 5 heteroatoms. The van der Waals surface area contributed by atoms with E-state index in [2.05, 4.69) is 5.10 Å². The van der Waals surface area contributed by atoms with E-state index < -0.39 is 0 Å². The summed E-state index contributed by atoms with van der Waals surface area (Å²) in [5.74, 6) is 0.409. The Hall–Kier alpha value is -2.30. The van der Waals surface area contributed by atoms with Crippen molar-refractivity contribution in [3.8, 4) is 0 Å². The quantitative estimate of drug-likeness (QED) is 0.601. The number of para-hydroxylation sites is 1. The molecule has 2 N–H and O–H groups in total. The maximum absolute atomic E-state index is 12.0. The molecule has 0 atom stereocenters. The summed E-state index contributed by atoms with van der Waals surface area (Å²) < 4.78 is 3.23. The fourth-order valence-electron chi connectivity index (χ4n) is 1.93. The molecule has 0 saturated carbocycles. The van der Waals surface area contributed by atoms with Crippen molar-refractivity contribution >= 4 is 22.4 Å². The number of anilines is 1. The number of rotatable bonds is 0. The summed E-state index contributed by atoms with van der Waals surface area (Å²) in [5, 5.41) is 4.82. The SMILES string of the molecule is Cn1c(=O)c2ccccc2n2nc(N)cc12. The van der Waals surface area contributed by atoms with Crippen LogP contribution in [0.3, 0.4) is 0 Å². The maximum Gasteiger partial charge on any atom is 0.261 e. The van der Waals surface area contributed by atoms with Gasteiger partial charge in [0, 0.05) is 13.1 Å². The first-order valence-corrected chi connectivity index (χ1v) is 4.91. The van der Waals surface area contributed by atoms with E-state index in [9.17, 15) is 4.79 Å². The number of hydrogen-bond acceptors (Lipinski definition) is 3. The number of aryl methyl sites for hydroxylation is 1. The van der Waals surface area contributed by atoms with E-state index in [1.54, 1.807) is 28.3 Å². The minimum absolute atomic E-state index is 0.0389. The lowest BCUT2D eigenvalue weighted by atomic mass is 10.2. The number of aromatic nitrogens is 3. The summed E-state index contributed by atoms with van der Waals surface area (Å²) in [4.78, 5) is 12.0. The molecular formula is C11H10N4O. The fraction of sp³-hybridized carbons (Fsp3) is 0.0909. The topological polar surface area (TPSA) is 65.3 Å². The fourth-order valence-corrected chi connectivity index (χ4v) is 1.93. The Morgan fingerprint density at radius 2 is 2.06 bits per heavy atom. The first-order valence-electron chi connectivity index (χ1n) is 4.91. The molecule has 0 aliphatic carbocycles. The van der Waals surface area contributed by atoms with Gasteiger partial charge in [0.2, 0.25) is 0 Å². The summed E-state index contributed by atoms with van der Waals surface area (Å²) in [7, 11) is 1.71. The molecule has 0 saturated heterocycles. The Balaban J connectivity index is 2.73. The van der Waals surface area contributed by atoms with Crippen LogP contribution in [0.1, 0.15) is 0 Å². The van der Waals surface area contributed by atoms with Gasteiger partial charge in [-0.05, 0) is 12.1 Å². The largest absolute Gasteiger partial charge is 0.382 e. The van der Waals surface area contributed by atoms with E-state index in [1.165, 1.54) is 0 Å². The molecule has 0 unspecified atom stereocenters. The number of nitrogens with zero attached hydrogens (tertiary/aromatic N) is 3. The van der Waals surface area contributed by atoms with Crippen LogP contribution in [0.5, 0.6) is 0 Å². The summed E-state index contributed by atoms with van der Waals surface area (Å²) in [6.45, 7) is 0. The average Bonchev–Trinajstić information content (AvgIpc) is 2.68. The van der Waals surface area contributed by atoms with Gasteiger partial charge in [0.1, 0.15) is 11.5 Å². The molecule has 0 fully saturated rings. The number of nitrogen functional groups attached to an aromatic ring is 1. The van der Waals surface area contributed by atoms with E-state index in [0.717, 1.165) is 5.52 Å². The second-order valence-electron chi connectivity index (χ2n) is 3.72. The Bertz CT molecular complexity index is 754. The van der Waals surface area contributed by atoms with Crippen molar-refractivity contribution in [3.63, 3.8) is 0 Å². The van der Waals surface area contributed by atoms with Crippen LogP contribution in [0, 0.1) is 0 Å². The van der Waals surface area contributed by atoms with Gasteiger partial charge in [0.15, 0.2) is 0 Å². The first kappa shape index (κ1) is 8.96. The summed E-state index contributed by atoms with van der Waals surface area (Å²) in [6.07, 6.45) is 0. The predicted molar refractivity (Wildman–Crippen MR) is 62.4 cm³/mol. The highest BCUT2D eigenvalue weighted by molar-refractivity contribution is 5.80. The van der Waals surface area contributed by atoms with Gasteiger partial charge in [-0.15, -0.1) is 5.10 Å². The normalized spacial score (nSPS) is 11.3. The summed E-state index contributed by atoms with van der Waals surface area (Å²) in [5.41, 5.74) is 7.09. The Labute approximate surface area is 90.7 Å². The van der Waals surface area contributed by atoms with Crippen LogP contribution in [-0.4, -0.2) is 14.2 Å². The number of benzene rings is 1. The second kappa shape index (κ2) is 2.85. The Morgan fingerprint density at radius 3 is 2.88 bits per heavy atom. The molecule has 0 bridgehead atoms. The summed E-state index contributed by atoms with van der Waals surface area (Å²) >= 11 is 0. The molecular weight excluding hydrogens is 204 g/mol. The molecule has 0 aliphatic rings. The van der Waals surface area contributed by atoms with Crippen molar-refractivity contribution in [2.24, 2.45) is 7.05 Å². The number of hydrogen-bond donors (Lipinski definition) is 1. The number of fused-ring (bicyclic) bond motifs is 3. The zero-order valence-corrected chi connectivity index (χ0v) is 8.71. The van der Waals surface area contributed by atoms with Crippen LogP contribution < -0.4 is 11.3 Å². The Kier molecular flexibility index (Phi) is 1.60. The predicted octanol–water partition coefficient (Wildman–Crippen LogP) is 0.768. The third kappa shape index (κ3) is 0.995. The van der Waals surface area contributed by atoms with E-state index in [1.807, 2.05) is 18.2 Å². The molecule has 3 aromatic rings. The monoisotopic (exact) mass is 214 g/mol. The molecule has 80 valence electrons. The third-order valence-electron chi connectivity index (χ3n) is 2.72. The van der Waals surface area contributed by atoms with Crippen molar-refractivity contribution < 1.29 is 0 Å². The van der Waals surface area contributed by atoms with E-state index >= 15 is 0 Å². The molecule has 1 aromatic carbocycles. The highest BCUT2D eigenvalue weighted by Gasteiger charge is 2.09. The second-order valence-corrected chi connectivity index (χ2v) is 3.72. The molecule has 3 rings (SSSR count). The summed E-state index contributed by atoms with van der Waals surface area (Å²) in [6, 6.07) is 9.04. The van der Waals surface area contributed by atoms with Crippen LogP contribution in [-0.2, 0) is 7.05 Å². The molecule has 0 spiro atoms. The lowest BCUT2D eigenvalue weighted by Crippen LogP contribution is -2.19. The van der Waals surface area contributed by atoms with Crippen LogP contribution in [0.4, 0.5) is 5.82 Å². The van der Waals surface area contributed by atoms with Gasteiger partial charge in [-0.1, -0.05) is 12.1 Å².